The summed E-state index contributed by atoms with van der Waals surface area (Å²) in [5.74, 6) is 2.61. The molecule has 13 heavy (non-hydrogen) atoms. The minimum absolute atomic E-state index is 0.601. The summed E-state index contributed by atoms with van der Waals surface area (Å²) in [6, 6.07) is 8.10. The smallest absolute Gasteiger partial charge is 0.107 e. The molecule has 0 aromatic heterocycles. The Morgan fingerprint density at radius 2 is 1.85 bits per heavy atom. The molecule has 0 saturated carbocycles. The van der Waals surface area contributed by atoms with E-state index in [4.69, 9.17) is 5.11 Å². The van der Waals surface area contributed by atoms with Crippen molar-refractivity contribution in [3.05, 3.63) is 29.8 Å². The highest BCUT2D eigenvalue weighted by Gasteiger charge is 1.94. The quantitative estimate of drug-likeness (QED) is 0.690. The number of aliphatic hydroxyl groups excluding tert-OH is 1. The second-order valence-electron chi connectivity index (χ2n) is 3.03. The molecule has 0 unspecified atom stereocenters. The molecule has 0 heterocycles. The van der Waals surface area contributed by atoms with Crippen LogP contribution in [0.4, 0.5) is 5.69 Å². The van der Waals surface area contributed by atoms with Crippen LogP contribution in [0.15, 0.2) is 24.3 Å². The van der Waals surface area contributed by atoms with Crippen molar-refractivity contribution in [2.75, 3.05) is 19.0 Å². The molecule has 2 heteroatoms. The van der Waals surface area contributed by atoms with Crippen molar-refractivity contribution in [2.24, 2.45) is 0 Å². The van der Waals surface area contributed by atoms with Gasteiger partial charge in [-0.3, -0.25) is 0 Å². The topological polar surface area (TPSA) is 23.5 Å². The Morgan fingerprint density at radius 3 is 2.31 bits per heavy atom. The summed E-state index contributed by atoms with van der Waals surface area (Å²) >= 11 is 0. The van der Waals surface area contributed by atoms with Crippen molar-refractivity contribution in [1.82, 2.24) is 0 Å². The zero-order valence-electron chi connectivity index (χ0n) is 7.91. The number of hydrogen-bond donors (Lipinski definition) is 1. The zero-order chi connectivity index (χ0) is 9.68. The summed E-state index contributed by atoms with van der Waals surface area (Å²) in [5.41, 5.74) is 2.29. The van der Waals surface area contributed by atoms with Crippen LogP contribution in [0.1, 0.15) is 5.56 Å². The molecule has 0 saturated heterocycles. The highest BCUT2D eigenvalue weighted by atomic mass is 16.2. The molecular formula is C11H13NO. The third-order valence-electron chi connectivity index (χ3n) is 1.82. The van der Waals surface area contributed by atoms with E-state index in [9.17, 15) is 0 Å². The molecular weight excluding hydrogens is 162 g/mol. The molecule has 1 N–H and O–H groups in total. The SMILES string of the molecule is CN(C)c1ccc(CC#CO)cc1. The van der Waals surface area contributed by atoms with Gasteiger partial charge in [-0.15, -0.1) is 0 Å². The Balaban J connectivity index is 2.73. The molecule has 1 rings (SSSR count). The summed E-state index contributed by atoms with van der Waals surface area (Å²) in [4.78, 5) is 2.04. The van der Waals surface area contributed by atoms with Crippen LogP contribution in [-0.2, 0) is 6.42 Å². The highest BCUT2D eigenvalue weighted by Crippen LogP contribution is 2.12. The van der Waals surface area contributed by atoms with Gasteiger partial charge < -0.3 is 10.0 Å². The van der Waals surface area contributed by atoms with Crippen molar-refractivity contribution in [2.45, 2.75) is 6.42 Å². The largest absolute Gasteiger partial charge is 0.462 e. The highest BCUT2D eigenvalue weighted by molar-refractivity contribution is 5.46. The van der Waals surface area contributed by atoms with Crippen LogP contribution < -0.4 is 4.90 Å². The minimum Gasteiger partial charge on any atom is -0.462 e. The summed E-state index contributed by atoms with van der Waals surface area (Å²) in [6.45, 7) is 0. The number of aliphatic hydroxyl groups is 1. The summed E-state index contributed by atoms with van der Waals surface area (Å²) in [7, 11) is 4.01. The van der Waals surface area contributed by atoms with Gasteiger partial charge in [-0.25, -0.2) is 0 Å². The Kier molecular flexibility index (Phi) is 3.22. The fourth-order valence-corrected chi connectivity index (χ4v) is 1.05. The van der Waals surface area contributed by atoms with Gasteiger partial charge in [0.05, 0.1) is 0 Å². The van der Waals surface area contributed by atoms with Gasteiger partial charge in [-0.2, -0.15) is 0 Å². The molecule has 0 bridgehead atoms. The number of nitrogens with zero attached hydrogens (tertiary/aromatic N) is 1. The Hall–Kier alpha value is -1.62. The molecule has 2 nitrogen and oxygen atoms in total. The predicted molar refractivity (Wildman–Crippen MR) is 54.2 cm³/mol. The second-order valence-corrected chi connectivity index (χ2v) is 3.03. The maximum Gasteiger partial charge on any atom is 0.107 e. The lowest BCUT2D eigenvalue weighted by atomic mass is 10.1. The maximum atomic E-state index is 8.30. The van der Waals surface area contributed by atoms with Crippen LogP contribution in [0.5, 0.6) is 0 Å². The summed E-state index contributed by atoms with van der Waals surface area (Å²) in [5, 5.41) is 8.30. The molecule has 0 spiro atoms. The lowest BCUT2D eigenvalue weighted by molar-refractivity contribution is 0.516. The van der Waals surface area contributed by atoms with E-state index < -0.39 is 0 Å². The van der Waals surface area contributed by atoms with E-state index in [0.29, 0.717) is 6.42 Å². The Labute approximate surface area is 78.8 Å². The first-order chi connectivity index (χ1) is 6.24. The minimum atomic E-state index is 0.601. The maximum absolute atomic E-state index is 8.30. The molecule has 0 fully saturated rings. The molecule has 0 atom stereocenters. The lowest BCUT2D eigenvalue weighted by Crippen LogP contribution is -2.08. The van der Waals surface area contributed by atoms with Crippen molar-refractivity contribution < 1.29 is 5.11 Å². The first kappa shape index (κ1) is 9.47. The number of hydrogen-bond acceptors (Lipinski definition) is 2. The Morgan fingerprint density at radius 1 is 1.23 bits per heavy atom. The van der Waals surface area contributed by atoms with Crippen molar-refractivity contribution in [3.63, 3.8) is 0 Å². The Bertz CT molecular complexity index is 316. The fourth-order valence-electron chi connectivity index (χ4n) is 1.05. The van der Waals surface area contributed by atoms with Crippen LogP contribution in [0.2, 0.25) is 0 Å². The van der Waals surface area contributed by atoms with Crippen molar-refractivity contribution in [1.29, 1.82) is 0 Å². The average Bonchev–Trinajstić information content (AvgIpc) is 2.15. The molecule has 1 aromatic carbocycles. The van der Waals surface area contributed by atoms with Gasteiger partial charge in [-0.05, 0) is 17.7 Å². The molecule has 0 aliphatic carbocycles. The van der Waals surface area contributed by atoms with Gasteiger partial charge in [0.15, 0.2) is 0 Å². The molecule has 0 amide bonds. The van der Waals surface area contributed by atoms with Crippen LogP contribution in [0.3, 0.4) is 0 Å². The van der Waals surface area contributed by atoms with Crippen LogP contribution in [0.25, 0.3) is 0 Å². The third-order valence-corrected chi connectivity index (χ3v) is 1.82. The lowest BCUT2D eigenvalue weighted by Gasteiger charge is -2.11. The standard InChI is InChI=1S/C11H13NO/c1-12(2)11-7-5-10(6-8-11)4-3-9-13/h5-8,13H,4H2,1-2H3. The zero-order valence-corrected chi connectivity index (χ0v) is 7.91. The molecule has 0 aliphatic rings. The van der Waals surface area contributed by atoms with E-state index in [1.165, 1.54) is 5.69 Å². The molecule has 0 aliphatic heterocycles. The van der Waals surface area contributed by atoms with Gasteiger partial charge in [0, 0.05) is 26.2 Å². The van der Waals surface area contributed by atoms with Crippen LogP contribution in [0, 0.1) is 12.0 Å². The van der Waals surface area contributed by atoms with Crippen LogP contribution in [-0.4, -0.2) is 19.2 Å². The van der Waals surface area contributed by atoms with Crippen molar-refractivity contribution >= 4 is 5.69 Å². The number of anilines is 1. The van der Waals surface area contributed by atoms with Gasteiger partial charge in [0.1, 0.15) is 6.11 Å². The van der Waals surface area contributed by atoms with E-state index in [0.717, 1.165) is 5.56 Å². The number of benzene rings is 1. The molecule has 68 valence electrons. The molecule has 0 radical (unpaired) electrons. The van der Waals surface area contributed by atoms with Gasteiger partial charge in [-0.1, -0.05) is 18.1 Å². The van der Waals surface area contributed by atoms with E-state index in [2.05, 4.69) is 5.92 Å². The first-order valence-electron chi connectivity index (χ1n) is 4.12. The normalized spacial score (nSPS) is 8.77. The summed E-state index contributed by atoms with van der Waals surface area (Å²) < 4.78 is 0. The van der Waals surface area contributed by atoms with Gasteiger partial charge in [0.2, 0.25) is 0 Å². The van der Waals surface area contributed by atoms with Gasteiger partial charge >= 0.3 is 0 Å². The number of rotatable bonds is 2. The third kappa shape index (κ3) is 2.72. The van der Waals surface area contributed by atoms with Crippen LogP contribution >= 0.6 is 0 Å². The van der Waals surface area contributed by atoms with E-state index in [1.54, 1.807) is 0 Å². The fraction of sp³-hybridized carbons (Fsp3) is 0.273. The van der Waals surface area contributed by atoms with Crippen molar-refractivity contribution in [3.8, 4) is 12.0 Å². The monoisotopic (exact) mass is 175 g/mol. The summed E-state index contributed by atoms with van der Waals surface area (Å²) in [6.07, 6.45) is 2.49. The van der Waals surface area contributed by atoms with E-state index >= 15 is 0 Å². The van der Waals surface area contributed by atoms with E-state index in [1.807, 2.05) is 49.4 Å². The van der Waals surface area contributed by atoms with E-state index in [-0.39, 0.29) is 0 Å². The first-order valence-corrected chi connectivity index (χ1v) is 4.12. The second kappa shape index (κ2) is 4.42. The predicted octanol–water partition coefficient (Wildman–Crippen LogP) is 1.63. The van der Waals surface area contributed by atoms with Gasteiger partial charge in [0.25, 0.3) is 0 Å². The molecule has 1 aromatic rings. The average molecular weight is 175 g/mol.